The van der Waals surface area contributed by atoms with Crippen LogP contribution in [0.5, 0.6) is 0 Å². The van der Waals surface area contributed by atoms with Crippen molar-refractivity contribution in [2.24, 2.45) is 11.3 Å². The maximum Gasteiger partial charge on any atom is 0.414 e. The van der Waals surface area contributed by atoms with Gasteiger partial charge in [-0.25, -0.2) is 9.18 Å². The van der Waals surface area contributed by atoms with Crippen LogP contribution in [0.1, 0.15) is 12.8 Å². The first kappa shape index (κ1) is 17.9. The minimum atomic E-state index is -0.709. The van der Waals surface area contributed by atoms with Gasteiger partial charge in [-0.3, -0.25) is 13.9 Å². The zero-order valence-electron chi connectivity index (χ0n) is 15.4. The third-order valence-electron chi connectivity index (χ3n) is 5.90. The van der Waals surface area contributed by atoms with Gasteiger partial charge in [-0.15, -0.1) is 0 Å². The Kier molecular flexibility index (Phi) is 4.12. The number of hydrogen-bond acceptors (Lipinski definition) is 5. The van der Waals surface area contributed by atoms with Crippen molar-refractivity contribution in [1.82, 2.24) is 5.32 Å². The number of anilines is 2. The number of nitrogens with one attached hydrogen (secondary N) is 1. The van der Waals surface area contributed by atoms with Crippen LogP contribution >= 0.6 is 0 Å². The molecule has 5 rings (SSSR count). The van der Waals surface area contributed by atoms with E-state index in [4.69, 9.17) is 4.74 Å². The summed E-state index contributed by atoms with van der Waals surface area (Å²) in [7, 11) is -0.709. The molecular formula is C19H22FN3O4S. The van der Waals surface area contributed by atoms with Crippen molar-refractivity contribution in [2.45, 2.75) is 18.9 Å². The predicted octanol–water partition coefficient (Wildman–Crippen LogP) is 1.25. The molecule has 9 heteroatoms. The Bertz CT molecular complexity index is 859. The van der Waals surface area contributed by atoms with Gasteiger partial charge in [0.15, 0.2) is 0 Å². The van der Waals surface area contributed by atoms with Crippen LogP contribution in [0.15, 0.2) is 18.2 Å². The first-order valence-corrected chi connectivity index (χ1v) is 11.1. The van der Waals surface area contributed by atoms with E-state index in [9.17, 15) is 18.2 Å². The highest BCUT2D eigenvalue weighted by Gasteiger charge is 2.52. The van der Waals surface area contributed by atoms with Gasteiger partial charge in [0.05, 0.1) is 24.5 Å². The summed E-state index contributed by atoms with van der Waals surface area (Å²) in [6.45, 7) is 2.00. The summed E-state index contributed by atoms with van der Waals surface area (Å²) >= 11 is 0. The number of hydrogen-bond donors (Lipinski definition) is 1. The van der Waals surface area contributed by atoms with Crippen LogP contribution in [-0.4, -0.2) is 60.0 Å². The number of amides is 2. The van der Waals surface area contributed by atoms with E-state index in [-0.39, 0.29) is 36.1 Å². The normalized spacial score (nSPS) is 26.0. The van der Waals surface area contributed by atoms with Crippen LogP contribution in [0.4, 0.5) is 20.6 Å². The fourth-order valence-electron chi connectivity index (χ4n) is 4.22. The van der Waals surface area contributed by atoms with Crippen molar-refractivity contribution in [3.05, 3.63) is 24.0 Å². The van der Waals surface area contributed by atoms with E-state index in [1.54, 1.807) is 12.1 Å². The summed E-state index contributed by atoms with van der Waals surface area (Å²) in [5, 5.41) is 2.81. The highest BCUT2D eigenvalue weighted by Crippen LogP contribution is 2.43. The number of ether oxygens (including phenoxy) is 1. The summed E-state index contributed by atoms with van der Waals surface area (Å²) in [6.07, 6.45) is 0.874. The molecule has 0 aromatic heterocycles. The molecule has 0 radical (unpaired) electrons. The number of halogens is 1. The quantitative estimate of drug-likeness (QED) is 0.795. The second-order valence-electron chi connectivity index (χ2n) is 8.36. The number of carbonyl (C=O) groups excluding carboxylic acids is 2. The van der Waals surface area contributed by atoms with Gasteiger partial charge in [0.2, 0.25) is 5.91 Å². The molecule has 0 unspecified atom stereocenters. The van der Waals surface area contributed by atoms with E-state index in [1.165, 1.54) is 11.0 Å². The minimum absolute atomic E-state index is 0.00696. The zero-order chi connectivity index (χ0) is 19.5. The van der Waals surface area contributed by atoms with Crippen LogP contribution in [0, 0.1) is 17.2 Å². The lowest BCUT2D eigenvalue weighted by Gasteiger charge is -2.55. The highest BCUT2D eigenvalue weighted by molar-refractivity contribution is 7.86. The van der Waals surface area contributed by atoms with E-state index in [0.717, 1.165) is 25.9 Å². The molecule has 0 bridgehead atoms. The van der Waals surface area contributed by atoms with Crippen molar-refractivity contribution in [1.29, 1.82) is 0 Å². The molecule has 4 aliphatic rings. The van der Waals surface area contributed by atoms with Crippen LogP contribution in [0.3, 0.4) is 0 Å². The summed E-state index contributed by atoms with van der Waals surface area (Å²) in [4.78, 5) is 27.2. The first-order chi connectivity index (χ1) is 13.4. The second kappa shape index (κ2) is 6.43. The van der Waals surface area contributed by atoms with E-state index in [2.05, 4.69) is 5.32 Å². The third kappa shape index (κ3) is 3.15. The molecule has 1 saturated carbocycles. The standard InChI is InChI=1S/C19H22FN3O4S/c20-15-5-13(3-4-16(15)22-8-19(9-22)10-28(26)11-19)23-7-14(27-18(23)25)6-21-17(24)12-1-2-12/h3-5,12,14H,1-2,6-11H2,(H,21,24)/t14-/m0/s1. The molecule has 1 aromatic rings. The van der Waals surface area contributed by atoms with Gasteiger partial charge in [0, 0.05) is 46.7 Å². The fourth-order valence-corrected chi connectivity index (χ4v) is 5.87. The van der Waals surface area contributed by atoms with Gasteiger partial charge in [0.1, 0.15) is 11.9 Å². The molecule has 1 spiro atoms. The van der Waals surface area contributed by atoms with Crippen LogP contribution in [0.25, 0.3) is 0 Å². The highest BCUT2D eigenvalue weighted by atomic mass is 32.2. The zero-order valence-corrected chi connectivity index (χ0v) is 16.2. The Hall–Kier alpha value is -2.16. The molecule has 150 valence electrons. The average molecular weight is 407 g/mol. The Morgan fingerprint density at radius 2 is 2.07 bits per heavy atom. The molecule has 3 saturated heterocycles. The Labute approximate surface area is 164 Å². The monoisotopic (exact) mass is 407 g/mol. The number of cyclic esters (lactones) is 1. The van der Waals surface area contributed by atoms with Gasteiger partial charge in [-0.2, -0.15) is 0 Å². The van der Waals surface area contributed by atoms with E-state index >= 15 is 0 Å². The third-order valence-corrected chi connectivity index (χ3v) is 7.77. The van der Waals surface area contributed by atoms with Crippen molar-refractivity contribution >= 4 is 34.2 Å². The molecular weight excluding hydrogens is 385 g/mol. The molecule has 3 aliphatic heterocycles. The van der Waals surface area contributed by atoms with Crippen LogP contribution < -0.4 is 15.1 Å². The second-order valence-corrected chi connectivity index (χ2v) is 9.81. The number of benzene rings is 1. The summed E-state index contributed by atoms with van der Waals surface area (Å²) < 4.78 is 31.3. The van der Waals surface area contributed by atoms with E-state index < -0.39 is 23.0 Å². The summed E-state index contributed by atoms with van der Waals surface area (Å²) in [6, 6.07) is 4.75. The number of rotatable bonds is 5. The molecule has 2 amide bonds. The largest absolute Gasteiger partial charge is 0.442 e. The predicted molar refractivity (Wildman–Crippen MR) is 102 cm³/mol. The summed E-state index contributed by atoms with van der Waals surface area (Å²) in [5.41, 5.74) is 1.06. The van der Waals surface area contributed by atoms with Gasteiger partial charge >= 0.3 is 6.09 Å². The van der Waals surface area contributed by atoms with Crippen molar-refractivity contribution in [2.75, 3.05) is 47.5 Å². The lowest BCUT2D eigenvalue weighted by Crippen LogP contribution is -2.67. The van der Waals surface area contributed by atoms with Gasteiger partial charge in [-0.05, 0) is 31.0 Å². The smallest absolute Gasteiger partial charge is 0.414 e. The fraction of sp³-hybridized carbons (Fsp3) is 0.579. The maximum atomic E-state index is 14.7. The SMILES string of the molecule is O=C(NC[C@H]1CN(c2ccc(N3CC4(C3)CS(=O)C4)c(F)c2)C(=O)O1)C1CC1. The van der Waals surface area contributed by atoms with Crippen molar-refractivity contribution in [3.8, 4) is 0 Å². The summed E-state index contributed by atoms with van der Waals surface area (Å²) in [5.74, 6) is 1.15. The molecule has 3 heterocycles. The molecule has 28 heavy (non-hydrogen) atoms. The molecule has 1 N–H and O–H groups in total. The Morgan fingerprint density at radius 3 is 2.71 bits per heavy atom. The molecule has 1 aliphatic carbocycles. The molecule has 4 fully saturated rings. The number of carbonyl (C=O) groups is 2. The lowest BCUT2D eigenvalue weighted by atomic mass is 9.82. The Morgan fingerprint density at radius 1 is 1.32 bits per heavy atom. The Balaban J connectivity index is 1.20. The first-order valence-electron chi connectivity index (χ1n) is 9.58. The van der Waals surface area contributed by atoms with Crippen molar-refractivity contribution in [3.63, 3.8) is 0 Å². The lowest BCUT2D eigenvalue weighted by molar-refractivity contribution is -0.122. The average Bonchev–Trinajstić information content (AvgIpc) is 3.38. The van der Waals surface area contributed by atoms with Gasteiger partial charge in [-0.1, -0.05) is 0 Å². The minimum Gasteiger partial charge on any atom is -0.442 e. The molecule has 1 atom stereocenters. The van der Waals surface area contributed by atoms with E-state index in [0.29, 0.717) is 22.9 Å². The van der Waals surface area contributed by atoms with Crippen LogP contribution in [-0.2, 0) is 20.3 Å². The molecule has 1 aromatic carbocycles. The van der Waals surface area contributed by atoms with Gasteiger partial charge < -0.3 is 15.0 Å². The van der Waals surface area contributed by atoms with Crippen molar-refractivity contribution < 1.29 is 22.9 Å². The van der Waals surface area contributed by atoms with E-state index in [1.807, 2.05) is 4.90 Å². The topological polar surface area (TPSA) is 79.0 Å². The maximum absolute atomic E-state index is 14.7. The van der Waals surface area contributed by atoms with Gasteiger partial charge in [0.25, 0.3) is 0 Å². The number of nitrogens with zero attached hydrogens (tertiary/aromatic N) is 2. The molecule has 7 nitrogen and oxygen atoms in total. The van der Waals surface area contributed by atoms with Crippen LogP contribution in [0.2, 0.25) is 0 Å².